The Morgan fingerprint density at radius 1 is 1.22 bits per heavy atom. The van der Waals surface area contributed by atoms with Crippen molar-refractivity contribution in [3.05, 3.63) is 0 Å². The topological polar surface area (TPSA) is 57.2 Å². The second-order valence-corrected chi connectivity index (χ2v) is 5.90. The first-order valence-corrected chi connectivity index (χ1v) is 8.70. The summed E-state index contributed by atoms with van der Waals surface area (Å²) in [6.07, 6.45) is 3.96. The minimum absolute atomic E-state index is 0. The van der Waals surface area contributed by atoms with Gasteiger partial charge in [0.15, 0.2) is 5.96 Å². The Hall–Kier alpha value is -0.570. The fourth-order valence-electron chi connectivity index (χ4n) is 2.88. The lowest BCUT2D eigenvalue weighted by Gasteiger charge is -2.37. The van der Waals surface area contributed by atoms with E-state index in [1.54, 1.807) is 0 Å². The van der Waals surface area contributed by atoms with Crippen molar-refractivity contribution in [3.63, 3.8) is 0 Å². The second kappa shape index (κ2) is 11.1. The van der Waals surface area contributed by atoms with Gasteiger partial charge in [0.25, 0.3) is 5.91 Å². The van der Waals surface area contributed by atoms with Crippen LogP contribution in [0, 0.1) is 0 Å². The van der Waals surface area contributed by atoms with Gasteiger partial charge in [-0.05, 0) is 26.2 Å². The summed E-state index contributed by atoms with van der Waals surface area (Å²) in [5, 5.41) is 3.36. The van der Waals surface area contributed by atoms with E-state index in [9.17, 15) is 4.79 Å². The third-order valence-electron chi connectivity index (χ3n) is 4.20. The Kier molecular flexibility index (Phi) is 9.85. The van der Waals surface area contributed by atoms with Gasteiger partial charge in [0.1, 0.15) is 6.10 Å². The standard InChI is InChI=1S/C16H30N4O2.HI/c1-3-5-8-18-16(17-4-2)20-11-9-19(10-12-20)15(21)14-7-6-13-22-14;/h14H,3-13H2,1-2H3,(H,17,18);1H. The number of hydrogen-bond donors (Lipinski definition) is 1. The molecule has 2 saturated heterocycles. The van der Waals surface area contributed by atoms with Crippen LogP contribution in [0.5, 0.6) is 0 Å². The van der Waals surface area contributed by atoms with Crippen LogP contribution in [-0.2, 0) is 9.53 Å². The molecule has 0 aromatic rings. The number of aliphatic imine (C=N–C) groups is 1. The van der Waals surface area contributed by atoms with Crippen LogP contribution in [0.3, 0.4) is 0 Å². The molecular weight excluding hydrogens is 407 g/mol. The molecule has 7 heteroatoms. The number of nitrogens with zero attached hydrogens (tertiary/aromatic N) is 3. The fraction of sp³-hybridized carbons (Fsp3) is 0.875. The molecular formula is C16H31IN4O2. The van der Waals surface area contributed by atoms with Crippen LogP contribution in [0.2, 0.25) is 0 Å². The van der Waals surface area contributed by atoms with Crippen molar-refractivity contribution in [2.45, 2.75) is 45.6 Å². The number of rotatable bonds is 5. The van der Waals surface area contributed by atoms with Crippen molar-refractivity contribution < 1.29 is 9.53 Å². The number of unbranched alkanes of at least 4 members (excludes halogenated alkanes) is 1. The number of carbonyl (C=O) groups excluding carboxylic acids is 1. The van der Waals surface area contributed by atoms with E-state index in [1.165, 1.54) is 0 Å². The van der Waals surface area contributed by atoms with E-state index in [0.717, 1.165) is 77.5 Å². The minimum atomic E-state index is -0.196. The van der Waals surface area contributed by atoms with Crippen LogP contribution < -0.4 is 5.32 Å². The van der Waals surface area contributed by atoms with E-state index in [4.69, 9.17) is 4.74 Å². The van der Waals surface area contributed by atoms with E-state index in [1.807, 2.05) is 4.90 Å². The van der Waals surface area contributed by atoms with Crippen molar-refractivity contribution >= 4 is 35.8 Å². The number of piperazine rings is 1. The zero-order valence-corrected chi connectivity index (χ0v) is 16.8. The van der Waals surface area contributed by atoms with Gasteiger partial charge in [0.2, 0.25) is 0 Å². The lowest BCUT2D eigenvalue weighted by Crippen LogP contribution is -2.55. The number of guanidine groups is 1. The van der Waals surface area contributed by atoms with Gasteiger partial charge < -0.3 is 19.9 Å². The maximum atomic E-state index is 12.4. The van der Waals surface area contributed by atoms with Crippen LogP contribution in [0.15, 0.2) is 4.99 Å². The average Bonchev–Trinajstić information content (AvgIpc) is 3.08. The van der Waals surface area contributed by atoms with E-state index in [-0.39, 0.29) is 36.0 Å². The molecule has 6 nitrogen and oxygen atoms in total. The van der Waals surface area contributed by atoms with Crippen molar-refractivity contribution in [1.29, 1.82) is 0 Å². The van der Waals surface area contributed by atoms with Crippen molar-refractivity contribution in [1.82, 2.24) is 15.1 Å². The molecule has 2 heterocycles. The zero-order valence-electron chi connectivity index (χ0n) is 14.4. The minimum Gasteiger partial charge on any atom is -0.368 e. The molecule has 1 N–H and O–H groups in total. The van der Waals surface area contributed by atoms with Gasteiger partial charge >= 0.3 is 0 Å². The summed E-state index contributed by atoms with van der Waals surface area (Å²) in [4.78, 5) is 21.2. The number of nitrogens with one attached hydrogen (secondary N) is 1. The molecule has 1 atom stereocenters. The molecule has 2 rings (SSSR count). The number of ether oxygens (including phenoxy) is 1. The molecule has 0 bridgehead atoms. The number of halogens is 1. The average molecular weight is 438 g/mol. The molecule has 1 amide bonds. The van der Waals surface area contributed by atoms with Gasteiger partial charge in [0, 0.05) is 45.9 Å². The molecule has 23 heavy (non-hydrogen) atoms. The zero-order chi connectivity index (χ0) is 15.8. The maximum absolute atomic E-state index is 12.4. The number of carbonyl (C=O) groups is 1. The fourth-order valence-corrected chi connectivity index (χ4v) is 2.88. The molecule has 0 saturated carbocycles. The highest BCUT2D eigenvalue weighted by atomic mass is 127. The summed E-state index contributed by atoms with van der Waals surface area (Å²) < 4.78 is 5.51. The lowest BCUT2D eigenvalue weighted by molar-refractivity contribution is -0.142. The van der Waals surface area contributed by atoms with E-state index in [0.29, 0.717) is 0 Å². The monoisotopic (exact) mass is 438 g/mol. The summed E-state index contributed by atoms with van der Waals surface area (Å²) in [7, 11) is 0. The highest BCUT2D eigenvalue weighted by Crippen LogP contribution is 2.16. The van der Waals surface area contributed by atoms with Crippen LogP contribution in [0.25, 0.3) is 0 Å². The third kappa shape index (κ3) is 6.10. The van der Waals surface area contributed by atoms with Crippen LogP contribution in [0.4, 0.5) is 0 Å². The first-order chi connectivity index (χ1) is 10.8. The van der Waals surface area contributed by atoms with Crippen molar-refractivity contribution in [2.24, 2.45) is 4.99 Å². The largest absolute Gasteiger partial charge is 0.368 e. The summed E-state index contributed by atoms with van der Waals surface area (Å²) in [6.45, 7) is 9.95. The van der Waals surface area contributed by atoms with E-state index in [2.05, 4.69) is 29.1 Å². The lowest BCUT2D eigenvalue weighted by atomic mass is 10.2. The summed E-state index contributed by atoms with van der Waals surface area (Å²) in [5.74, 6) is 1.16. The molecule has 0 spiro atoms. The third-order valence-corrected chi connectivity index (χ3v) is 4.20. The number of hydrogen-bond acceptors (Lipinski definition) is 3. The normalized spacial score (nSPS) is 22.0. The predicted molar refractivity (Wildman–Crippen MR) is 103 cm³/mol. The van der Waals surface area contributed by atoms with E-state index < -0.39 is 0 Å². The van der Waals surface area contributed by atoms with Gasteiger partial charge in [-0.3, -0.25) is 9.79 Å². The van der Waals surface area contributed by atoms with Crippen molar-refractivity contribution in [3.8, 4) is 0 Å². The van der Waals surface area contributed by atoms with Crippen molar-refractivity contribution in [2.75, 3.05) is 45.9 Å². The molecule has 134 valence electrons. The smallest absolute Gasteiger partial charge is 0.251 e. The van der Waals surface area contributed by atoms with Gasteiger partial charge in [-0.2, -0.15) is 0 Å². The highest BCUT2D eigenvalue weighted by molar-refractivity contribution is 14.0. The molecule has 0 aromatic heterocycles. The number of amides is 1. The molecule has 2 aliphatic heterocycles. The Labute approximate surface area is 157 Å². The van der Waals surface area contributed by atoms with Crippen LogP contribution >= 0.6 is 24.0 Å². The van der Waals surface area contributed by atoms with Crippen LogP contribution in [0.1, 0.15) is 39.5 Å². The van der Waals surface area contributed by atoms with E-state index >= 15 is 0 Å². The van der Waals surface area contributed by atoms with Gasteiger partial charge in [-0.1, -0.05) is 13.3 Å². The molecule has 0 radical (unpaired) electrons. The highest BCUT2D eigenvalue weighted by Gasteiger charge is 2.30. The maximum Gasteiger partial charge on any atom is 0.251 e. The quantitative estimate of drug-likeness (QED) is 0.307. The summed E-state index contributed by atoms with van der Waals surface area (Å²) >= 11 is 0. The molecule has 0 aliphatic carbocycles. The molecule has 2 fully saturated rings. The Morgan fingerprint density at radius 2 is 1.91 bits per heavy atom. The van der Waals surface area contributed by atoms with Gasteiger partial charge in [0.05, 0.1) is 0 Å². The second-order valence-electron chi connectivity index (χ2n) is 5.90. The predicted octanol–water partition coefficient (Wildman–Crippen LogP) is 1.69. The Bertz CT molecular complexity index is 378. The summed E-state index contributed by atoms with van der Waals surface area (Å²) in [6, 6.07) is 0. The SMILES string of the molecule is CCCCN=C(NCC)N1CCN(C(=O)C2CCCO2)CC1.I. The molecule has 0 aromatic carbocycles. The first-order valence-electron chi connectivity index (χ1n) is 8.70. The molecule has 1 unspecified atom stereocenters. The Balaban J connectivity index is 0.00000264. The van der Waals surface area contributed by atoms with Gasteiger partial charge in [-0.15, -0.1) is 24.0 Å². The molecule has 2 aliphatic rings. The van der Waals surface area contributed by atoms with Crippen LogP contribution in [-0.4, -0.2) is 73.6 Å². The summed E-state index contributed by atoms with van der Waals surface area (Å²) in [5.41, 5.74) is 0. The first kappa shape index (κ1) is 20.5. The Morgan fingerprint density at radius 3 is 2.48 bits per heavy atom. The van der Waals surface area contributed by atoms with Gasteiger partial charge in [-0.25, -0.2) is 0 Å².